The Kier molecular flexibility index (Phi) is 3.78. The van der Waals surface area contributed by atoms with Gasteiger partial charge in [-0.2, -0.15) is 0 Å². The molecule has 1 heterocycles. The van der Waals surface area contributed by atoms with E-state index in [1.165, 1.54) is 31.2 Å². The lowest BCUT2D eigenvalue weighted by Crippen LogP contribution is -2.35. The minimum atomic E-state index is 0.387. The number of nitrogens with zero attached hydrogens (tertiary/aromatic N) is 1. The molecule has 1 atom stereocenters. The van der Waals surface area contributed by atoms with Gasteiger partial charge in [-0.3, -0.25) is 0 Å². The second kappa shape index (κ2) is 5.30. The van der Waals surface area contributed by atoms with Crippen LogP contribution in [0.4, 0.5) is 5.82 Å². The summed E-state index contributed by atoms with van der Waals surface area (Å²) in [4.78, 5) is 4.37. The molecule has 16 heavy (non-hydrogen) atoms. The Morgan fingerprint density at radius 1 is 1.44 bits per heavy atom. The maximum Gasteiger partial charge on any atom is 0.126 e. The fourth-order valence-corrected chi connectivity index (χ4v) is 2.47. The average Bonchev–Trinajstić information content (AvgIpc) is 2.82. The summed E-state index contributed by atoms with van der Waals surface area (Å²) in [5.74, 6) is 1.68. The van der Waals surface area contributed by atoms with Gasteiger partial charge in [0.2, 0.25) is 0 Å². The summed E-state index contributed by atoms with van der Waals surface area (Å²) in [6.07, 6.45) is 7.21. The third-order valence-electron chi connectivity index (χ3n) is 3.47. The number of aryl methyl sites for hydroxylation is 1. The van der Waals surface area contributed by atoms with Crippen LogP contribution in [-0.2, 0) is 0 Å². The molecule has 3 N–H and O–H groups in total. The maximum atomic E-state index is 5.84. The van der Waals surface area contributed by atoms with E-state index in [1.807, 2.05) is 19.2 Å². The number of nitrogens with one attached hydrogen (secondary N) is 1. The van der Waals surface area contributed by atoms with Gasteiger partial charge in [0.1, 0.15) is 5.82 Å². The van der Waals surface area contributed by atoms with Crippen molar-refractivity contribution in [1.29, 1.82) is 0 Å². The van der Waals surface area contributed by atoms with Gasteiger partial charge in [-0.1, -0.05) is 18.9 Å². The van der Waals surface area contributed by atoms with Gasteiger partial charge in [-0.15, -0.1) is 0 Å². The van der Waals surface area contributed by atoms with Gasteiger partial charge in [0.25, 0.3) is 0 Å². The second-order valence-corrected chi connectivity index (χ2v) is 4.75. The lowest BCUT2D eigenvalue weighted by Gasteiger charge is -2.23. The van der Waals surface area contributed by atoms with Gasteiger partial charge in [-0.25, -0.2) is 4.98 Å². The SMILES string of the molecule is Cc1ccc(NC(CN)C2CCCC2)nc1. The van der Waals surface area contributed by atoms with Crippen LogP contribution in [0.1, 0.15) is 31.2 Å². The predicted octanol–water partition coefficient (Wildman–Crippen LogP) is 2.32. The Morgan fingerprint density at radius 2 is 2.19 bits per heavy atom. The minimum absolute atomic E-state index is 0.387. The highest BCUT2D eigenvalue weighted by Crippen LogP contribution is 2.28. The summed E-state index contributed by atoms with van der Waals surface area (Å²) in [5.41, 5.74) is 7.03. The normalized spacial score (nSPS) is 18.6. The highest BCUT2D eigenvalue weighted by molar-refractivity contribution is 5.36. The Hall–Kier alpha value is -1.09. The number of hydrogen-bond acceptors (Lipinski definition) is 3. The Bertz CT molecular complexity index is 314. The van der Waals surface area contributed by atoms with Crippen LogP contribution >= 0.6 is 0 Å². The highest BCUT2D eigenvalue weighted by atomic mass is 15.0. The molecule has 0 amide bonds. The van der Waals surface area contributed by atoms with Crippen molar-refractivity contribution in [3.63, 3.8) is 0 Å². The fourth-order valence-electron chi connectivity index (χ4n) is 2.47. The topological polar surface area (TPSA) is 50.9 Å². The van der Waals surface area contributed by atoms with Crippen molar-refractivity contribution in [3.8, 4) is 0 Å². The molecule has 0 aromatic carbocycles. The number of nitrogens with two attached hydrogens (primary N) is 1. The molecule has 0 radical (unpaired) electrons. The first-order chi connectivity index (χ1) is 7.79. The lowest BCUT2D eigenvalue weighted by atomic mass is 9.98. The Morgan fingerprint density at radius 3 is 2.75 bits per heavy atom. The molecule has 3 nitrogen and oxygen atoms in total. The van der Waals surface area contributed by atoms with E-state index in [9.17, 15) is 0 Å². The number of aromatic nitrogens is 1. The molecule has 88 valence electrons. The number of rotatable bonds is 4. The van der Waals surface area contributed by atoms with Crippen molar-refractivity contribution in [2.24, 2.45) is 11.7 Å². The number of pyridine rings is 1. The quantitative estimate of drug-likeness (QED) is 0.817. The molecule has 3 heteroatoms. The van der Waals surface area contributed by atoms with Gasteiger partial charge < -0.3 is 11.1 Å². The standard InChI is InChI=1S/C13H21N3/c1-10-6-7-13(15-9-10)16-12(8-14)11-4-2-3-5-11/h6-7,9,11-12H,2-5,8,14H2,1H3,(H,15,16). The van der Waals surface area contributed by atoms with Crippen molar-refractivity contribution in [2.75, 3.05) is 11.9 Å². The van der Waals surface area contributed by atoms with E-state index in [-0.39, 0.29) is 0 Å². The van der Waals surface area contributed by atoms with Gasteiger partial charge in [0.05, 0.1) is 0 Å². The van der Waals surface area contributed by atoms with E-state index in [2.05, 4.69) is 16.4 Å². The highest BCUT2D eigenvalue weighted by Gasteiger charge is 2.23. The third kappa shape index (κ3) is 2.73. The molecular weight excluding hydrogens is 198 g/mol. The zero-order valence-corrected chi connectivity index (χ0v) is 9.95. The summed E-state index contributed by atoms with van der Waals surface area (Å²) < 4.78 is 0. The molecule has 1 unspecified atom stereocenters. The molecule has 1 aromatic rings. The average molecular weight is 219 g/mol. The van der Waals surface area contributed by atoms with Gasteiger partial charge in [-0.05, 0) is 37.3 Å². The van der Waals surface area contributed by atoms with Crippen LogP contribution in [0.15, 0.2) is 18.3 Å². The Labute approximate surface area is 97.5 Å². The first-order valence-corrected chi connectivity index (χ1v) is 6.19. The first kappa shape index (κ1) is 11.4. The van der Waals surface area contributed by atoms with Crippen molar-refractivity contribution >= 4 is 5.82 Å². The van der Waals surface area contributed by atoms with E-state index in [0.717, 1.165) is 11.7 Å². The van der Waals surface area contributed by atoms with Crippen molar-refractivity contribution in [2.45, 2.75) is 38.6 Å². The molecule has 0 spiro atoms. The van der Waals surface area contributed by atoms with Crippen LogP contribution in [0.2, 0.25) is 0 Å². The second-order valence-electron chi connectivity index (χ2n) is 4.75. The summed E-state index contributed by atoms with van der Waals surface area (Å²) >= 11 is 0. The van der Waals surface area contributed by atoms with Crippen LogP contribution in [0.25, 0.3) is 0 Å². The van der Waals surface area contributed by atoms with Crippen molar-refractivity contribution < 1.29 is 0 Å². The molecule has 1 fully saturated rings. The molecule has 1 saturated carbocycles. The summed E-state index contributed by atoms with van der Waals surface area (Å²) in [6, 6.07) is 4.50. The van der Waals surface area contributed by atoms with Gasteiger partial charge >= 0.3 is 0 Å². The predicted molar refractivity (Wildman–Crippen MR) is 67.4 cm³/mol. The van der Waals surface area contributed by atoms with Gasteiger partial charge in [0.15, 0.2) is 0 Å². The smallest absolute Gasteiger partial charge is 0.126 e. The molecule has 0 aliphatic heterocycles. The van der Waals surface area contributed by atoms with Crippen LogP contribution in [-0.4, -0.2) is 17.6 Å². The van der Waals surface area contributed by atoms with Crippen LogP contribution in [0.5, 0.6) is 0 Å². The van der Waals surface area contributed by atoms with Crippen molar-refractivity contribution in [1.82, 2.24) is 4.98 Å². The van der Waals surface area contributed by atoms with E-state index >= 15 is 0 Å². The van der Waals surface area contributed by atoms with Gasteiger partial charge in [0, 0.05) is 18.8 Å². The molecule has 2 rings (SSSR count). The summed E-state index contributed by atoms with van der Waals surface area (Å²) in [7, 11) is 0. The van der Waals surface area contributed by atoms with Crippen LogP contribution in [0.3, 0.4) is 0 Å². The zero-order chi connectivity index (χ0) is 11.4. The maximum absolute atomic E-state index is 5.84. The molecule has 1 aliphatic carbocycles. The fraction of sp³-hybridized carbons (Fsp3) is 0.615. The molecule has 0 bridgehead atoms. The van der Waals surface area contributed by atoms with E-state index in [4.69, 9.17) is 5.73 Å². The van der Waals surface area contributed by atoms with E-state index < -0.39 is 0 Å². The van der Waals surface area contributed by atoms with Crippen molar-refractivity contribution in [3.05, 3.63) is 23.9 Å². The van der Waals surface area contributed by atoms with E-state index in [1.54, 1.807) is 0 Å². The summed E-state index contributed by atoms with van der Waals surface area (Å²) in [6.45, 7) is 2.74. The summed E-state index contributed by atoms with van der Waals surface area (Å²) in [5, 5.41) is 3.46. The number of hydrogen-bond donors (Lipinski definition) is 2. The molecule has 0 saturated heterocycles. The third-order valence-corrected chi connectivity index (χ3v) is 3.47. The Balaban J connectivity index is 1.97. The largest absolute Gasteiger partial charge is 0.366 e. The minimum Gasteiger partial charge on any atom is -0.366 e. The monoisotopic (exact) mass is 219 g/mol. The molecular formula is C13H21N3. The molecule has 1 aliphatic rings. The number of anilines is 1. The van der Waals surface area contributed by atoms with Crippen LogP contribution in [0, 0.1) is 12.8 Å². The zero-order valence-electron chi connectivity index (χ0n) is 9.95. The first-order valence-electron chi connectivity index (χ1n) is 6.19. The van der Waals surface area contributed by atoms with E-state index in [0.29, 0.717) is 12.6 Å². The molecule has 1 aromatic heterocycles. The van der Waals surface area contributed by atoms with Crippen LogP contribution < -0.4 is 11.1 Å². The lowest BCUT2D eigenvalue weighted by molar-refractivity contribution is 0.461.